The van der Waals surface area contributed by atoms with E-state index in [-0.39, 0.29) is 11.8 Å². The number of nitrogens with zero attached hydrogens (tertiary/aromatic N) is 1. The Morgan fingerprint density at radius 1 is 1.12 bits per heavy atom. The third kappa shape index (κ3) is 5.73. The van der Waals surface area contributed by atoms with E-state index in [0.717, 1.165) is 37.0 Å². The predicted octanol–water partition coefficient (Wildman–Crippen LogP) is 6.57. The zero-order valence-corrected chi connectivity index (χ0v) is 17.0. The van der Waals surface area contributed by atoms with Crippen molar-refractivity contribution < 1.29 is 9.90 Å². The summed E-state index contributed by atoms with van der Waals surface area (Å²) in [6.45, 7) is 4.46. The Morgan fingerprint density at radius 3 is 2.27 bits per heavy atom. The van der Waals surface area contributed by atoms with Crippen molar-refractivity contribution in [2.24, 2.45) is 29.1 Å². The number of rotatable bonds is 9. The van der Waals surface area contributed by atoms with E-state index >= 15 is 0 Å². The minimum absolute atomic E-state index is 0.201. The molecule has 26 heavy (non-hydrogen) atoms. The molecule has 0 amide bonds. The Balaban J connectivity index is 1.78. The maximum Gasteiger partial charge on any atom is 0.303 e. The molecule has 2 aliphatic carbocycles. The lowest BCUT2D eigenvalue weighted by Crippen LogP contribution is -2.35. The first kappa shape index (κ1) is 21.3. The summed E-state index contributed by atoms with van der Waals surface area (Å²) in [6, 6.07) is 2.66. The Hall–Kier alpha value is -1.04. The number of carboxylic acids is 1. The SMILES string of the molecule is CCCCC1CCC([C@H]2CC[C@](C#N)([C@@H](C)CCCC(=O)O)CC2)CC1. The van der Waals surface area contributed by atoms with E-state index in [1.807, 2.05) is 0 Å². The average molecular weight is 362 g/mol. The summed E-state index contributed by atoms with van der Waals surface area (Å²) in [5.74, 6) is 2.29. The van der Waals surface area contributed by atoms with Gasteiger partial charge in [-0.05, 0) is 75.0 Å². The Kier molecular flexibility index (Phi) is 8.45. The molecule has 1 atom stereocenters. The van der Waals surface area contributed by atoms with E-state index < -0.39 is 5.97 Å². The summed E-state index contributed by atoms with van der Waals surface area (Å²) in [4.78, 5) is 10.7. The van der Waals surface area contributed by atoms with Crippen molar-refractivity contribution in [1.29, 1.82) is 5.26 Å². The maximum absolute atomic E-state index is 10.7. The molecule has 0 aromatic heterocycles. The highest BCUT2D eigenvalue weighted by atomic mass is 16.4. The van der Waals surface area contributed by atoms with Gasteiger partial charge < -0.3 is 5.11 Å². The summed E-state index contributed by atoms with van der Waals surface area (Å²) in [6.07, 6.45) is 16.1. The molecule has 0 spiro atoms. The number of hydrogen-bond acceptors (Lipinski definition) is 2. The predicted molar refractivity (Wildman–Crippen MR) is 106 cm³/mol. The summed E-state index contributed by atoms with van der Waals surface area (Å²) >= 11 is 0. The first-order valence-electron chi connectivity index (χ1n) is 11.1. The molecule has 2 aliphatic rings. The lowest BCUT2D eigenvalue weighted by molar-refractivity contribution is -0.137. The van der Waals surface area contributed by atoms with Crippen LogP contribution in [-0.4, -0.2) is 11.1 Å². The summed E-state index contributed by atoms with van der Waals surface area (Å²) < 4.78 is 0. The number of unbranched alkanes of at least 4 members (excludes halogenated alkanes) is 1. The highest BCUT2D eigenvalue weighted by molar-refractivity contribution is 5.66. The van der Waals surface area contributed by atoms with Gasteiger partial charge in [-0.15, -0.1) is 0 Å². The zero-order valence-electron chi connectivity index (χ0n) is 17.0. The fraction of sp³-hybridized carbons (Fsp3) is 0.913. The van der Waals surface area contributed by atoms with Gasteiger partial charge in [0.05, 0.1) is 11.5 Å². The van der Waals surface area contributed by atoms with Crippen molar-refractivity contribution >= 4 is 5.97 Å². The number of nitriles is 1. The molecular formula is C23H39NO2. The lowest BCUT2D eigenvalue weighted by Gasteiger charge is -2.43. The van der Waals surface area contributed by atoms with E-state index in [1.165, 1.54) is 57.8 Å². The van der Waals surface area contributed by atoms with Crippen LogP contribution in [0.1, 0.15) is 104 Å². The Bertz CT molecular complexity index is 465. The monoisotopic (exact) mass is 361 g/mol. The molecule has 3 heteroatoms. The van der Waals surface area contributed by atoms with Crippen LogP contribution in [0.2, 0.25) is 0 Å². The minimum atomic E-state index is -0.721. The minimum Gasteiger partial charge on any atom is -0.481 e. The molecular weight excluding hydrogens is 322 g/mol. The lowest BCUT2D eigenvalue weighted by atomic mass is 9.60. The molecule has 2 saturated carbocycles. The number of hydrogen-bond donors (Lipinski definition) is 1. The third-order valence-electron chi connectivity index (χ3n) is 7.64. The molecule has 2 fully saturated rings. The highest BCUT2D eigenvalue weighted by Gasteiger charge is 2.41. The molecule has 148 valence electrons. The van der Waals surface area contributed by atoms with Crippen LogP contribution in [0.3, 0.4) is 0 Å². The molecule has 0 unspecified atom stereocenters. The quantitative estimate of drug-likeness (QED) is 0.505. The molecule has 3 nitrogen and oxygen atoms in total. The first-order chi connectivity index (χ1) is 12.5. The summed E-state index contributed by atoms with van der Waals surface area (Å²) in [7, 11) is 0. The number of carboxylic acid groups (broad SMARTS) is 1. The van der Waals surface area contributed by atoms with Gasteiger partial charge in [0.25, 0.3) is 0 Å². The van der Waals surface area contributed by atoms with Crippen LogP contribution in [0, 0.1) is 40.4 Å². The maximum atomic E-state index is 10.7. The summed E-state index contributed by atoms with van der Waals surface area (Å²) in [5, 5.41) is 18.7. The van der Waals surface area contributed by atoms with Crippen molar-refractivity contribution in [2.45, 2.75) is 104 Å². The van der Waals surface area contributed by atoms with E-state index in [1.54, 1.807) is 0 Å². The van der Waals surface area contributed by atoms with Crippen molar-refractivity contribution in [3.05, 3.63) is 0 Å². The molecule has 0 saturated heterocycles. The molecule has 2 rings (SSSR count). The van der Waals surface area contributed by atoms with Gasteiger partial charge >= 0.3 is 5.97 Å². The number of carbonyl (C=O) groups is 1. The van der Waals surface area contributed by atoms with E-state index in [4.69, 9.17) is 5.11 Å². The second-order valence-corrected chi connectivity index (χ2v) is 9.22. The van der Waals surface area contributed by atoms with Crippen molar-refractivity contribution in [1.82, 2.24) is 0 Å². The van der Waals surface area contributed by atoms with Crippen LogP contribution in [-0.2, 0) is 4.79 Å². The first-order valence-corrected chi connectivity index (χ1v) is 11.1. The average Bonchev–Trinajstić information content (AvgIpc) is 2.66. The van der Waals surface area contributed by atoms with Gasteiger partial charge in [-0.2, -0.15) is 5.26 Å². The second kappa shape index (κ2) is 10.3. The molecule has 0 aromatic rings. The van der Waals surface area contributed by atoms with Crippen LogP contribution >= 0.6 is 0 Å². The molecule has 0 aliphatic heterocycles. The van der Waals surface area contributed by atoms with Gasteiger partial charge in [0, 0.05) is 6.42 Å². The second-order valence-electron chi connectivity index (χ2n) is 9.22. The molecule has 1 N–H and O–H groups in total. The molecule has 0 aromatic carbocycles. The number of aliphatic carboxylic acids is 1. The van der Waals surface area contributed by atoms with Gasteiger partial charge in [-0.1, -0.05) is 46.0 Å². The highest BCUT2D eigenvalue weighted by Crippen LogP contribution is 2.49. The van der Waals surface area contributed by atoms with Crippen LogP contribution < -0.4 is 0 Å². The van der Waals surface area contributed by atoms with E-state index in [9.17, 15) is 10.1 Å². The van der Waals surface area contributed by atoms with E-state index in [0.29, 0.717) is 12.3 Å². The largest absolute Gasteiger partial charge is 0.481 e. The fourth-order valence-electron chi connectivity index (χ4n) is 5.62. The third-order valence-corrected chi connectivity index (χ3v) is 7.64. The smallest absolute Gasteiger partial charge is 0.303 e. The van der Waals surface area contributed by atoms with Gasteiger partial charge in [-0.25, -0.2) is 0 Å². The Labute approximate surface area is 160 Å². The molecule has 0 bridgehead atoms. The van der Waals surface area contributed by atoms with Gasteiger partial charge in [0.1, 0.15) is 0 Å². The van der Waals surface area contributed by atoms with Crippen LogP contribution in [0.25, 0.3) is 0 Å². The van der Waals surface area contributed by atoms with Gasteiger partial charge in [-0.3, -0.25) is 4.79 Å². The fourth-order valence-corrected chi connectivity index (χ4v) is 5.62. The molecule has 0 heterocycles. The van der Waals surface area contributed by atoms with Crippen molar-refractivity contribution in [3.63, 3.8) is 0 Å². The van der Waals surface area contributed by atoms with Crippen LogP contribution in [0.4, 0.5) is 0 Å². The van der Waals surface area contributed by atoms with Gasteiger partial charge in [0.2, 0.25) is 0 Å². The Morgan fingerprint density at radius 2 is 1.73 bits per heavy atom. The standard InChI is InChI=1S/C23H39NO2/c1-3-4-7-19-9-11-20(12-10-19)21-13-15-23(17-24,16-14-21)18(2)6-5-8-22(25)26/h18-21H,3-16H2,1-2H3,(H,25,26)/t18-,19?,20?,21-,23-/m0/s1. The van der Waals surface area contributed by atoms with Crippen LogP contribution in [0.15, 0.2) is 0 Å². The van der Waals surface area contributed by atoms with Gasteiger partial charge in [0.15, 0.2) is 0 Å². The zero-order chi connectivity index (χ0) is 19.0. The van der Waals surface area contributed by atoms with Crippen molar-refractivity contribution in [2.75, 3.05) is 0 Å². The normalized spacial score (nSPS) is 33.3. The summed E-state index contributed by atoms with van der Waals surface area (Å²) in [5.41, 5.74) is -0.201. The van der Waals surface area contributed by atoms with Crippen LogP contribution in [0.5, 0.6) is 0 Å². The topological polar surface area (TPSA) is 61.1 Å². The molecule has 0 radical (unpaired) electrons. The van der Waals surface area contributed by atoms with Crippen molar-refractivity contribution in [3.8, 4) is 6.07 Å². The van der Waals surface area contributed by atoms with E-state index in [2.05, 4.69) is 19.9 Å².